The average Bonchev–Trinajstić information content (AvgIpc) is 2.59. The molecule has 0 aliphatic rings. The van der Waals surface area contributed by atoms with Crippen LogP contribution >= 0.6 is 0 Å². The van der Waals surface area contributed by atoms with Gasteiger partial charge in [-0.25, -0.2) is 0 Å². The quantitative estimate of drug-likeness (QED) is 0.604. The fraction of sp³-hybridized carbons (Fsp3) is 0.200. The maximum absolute atomic E-state index is 11.0. The molecule has 0 N–H and O–H groups in total. The van der Waals surface area contributed by atoms with E-state index in [1.54, 1.807) is 24.3 Å². The van der Waals surface area contributed by atoms with Gasteiger partial charge in [0.15, 0.2) is 12.6 Å². The Morgan fingerprint density at radius 1 is 0.792 bits per heavy atom. The van der Waals surface area contributed by atoms with E-state index in [2.05, 4.69) is 11.8 Å². The molecule has 0 aromatic heterocycles. The molecular weight excluding hydrogens is 304 g/mol. The monoisotopic (exact) mass is 322 g/mol. The van der Waals surface area contributed by atoms with E-state index in [0.29, 0.717) is 22.6 Å². The Bertz CT molecular complexity index is 732. The molecule has 0 saturated carbocycles. The third-order valence-corrected chi connectivity index (χ3v) is 3.44. The van der Waals surface area contributed by atoms with Crippen molar-refractivity contribution in [1.29, 1.82) is 0 Å². The van der Waals surface area contributed by atoms with E-state index >= 15 is 0 Å². The van der Waals surface area contributed by atoms with Gasteiger partial charge in [-0.3, -0.25) is 9.59 Å². The second-order valence-electron chi connectivity index (χ2n) is 5.15. The number of benzene rings is 2. The Hall–Kier alpha value is -3.06. The average molecular weight is 322 g/mol. The van der Waals surface area contributed by atoms with Crippen molar-refractivity contribution in [1.82, 2.24) is 0 Å². The highest BCUT2D eigenvalue weighted by atomic mass is 16.5. The smallest absolute Gasteiger partial charge is 0.153 e. The maximum atomic E-state index is 11.0. The molecule has 0 radical (unpaired) electrons. The molecule has 0 unspecified atom stereocenters. The summed E-state index contributed by atoms with van der Waals surface area (Å²) in [4.78, 5) is 22.0. The van der Waals surface area contributed by atoms with Crippen LogP contribution in [-0.4, -0.2) is 25.8 Å². The van der Waals surface area contributed by atoms with Gasteiger partial charge < -0.3 is 9.47 Å². The second kappa shape index (κ2) is 8.54. The maximum Gasteiger partial charge on any atom is 0.153 e. The van der Waals surface area contributed by atoms with Gasteiger partial charge in [-0.2, -0.15) is 0 Å². The SMILES string of the molecule is Cc1cccc(C=O)c1OCC#CCOc1c(C)cccc1C=O. The first-order valence-corrected chi connectivity index (χ1v) is 7.48. The summed E-state index contributed by atoms with van der Waals surface area (Å²) in [7, 11) is 0. The van der Waals surface area contributed by atoms with Crippen molar-refractivity contribution >= 4 is 12.6 Å². The van der Waals surface area contributed by atoms with E-state index in [1.807, 2.05) is 26.0 Å². The Morgan fingerprint density at radius 2 is 1.21 bits per heavy atom. The number of rotatable bonds is 6. The summed E-state index contributed by atoms with van der Waals surface area (Å²) in [6.45, 7) is 4.06. The fourth-order valence-electron chi connectivity index (χ4n) is 2.25. The Morgan fingerprint density at radius 3 is 1.58 bits per heavy atom. The summed E-state index contributed by atoms with van der Waals surface area (Å²) >= 11 is 0. The van der Waals surface area contributed by atoms with Gasteiger partial charge in [0.1, 0.15) is 24.7 Å². The van der Waals surface area contributed by atoms with Crippen LogP contribution in [-0.2, 0) is 0 Å². The van der Waals surface area contributed by atoms with E-state index in [9.17, 15) is 9.59 Å². The third-order valence-electron chi connectivity index (χ3n) is 3.44. The number of aldehydes is 2. The van der Waals surface area contributed by atoms with Gasteiger partial charge in [0.2, 0.25) is 0 Å². The van der Waals surface area contributed by atoms with Gasteiger partial charge in [0.05, 0.1) is 11.1 Å². The lowest BCUT2D eigenvalue weighted by Gasteiger charge is -2.09. The fourth-order valence-corrected chi connectivity index (χ4v) is 2.25. The summed E-state index contributed by atoms with van der Waals surface area (Å²) in [5, 5.41) is 0. The molecule has 0 fully saturated rings. The molecule has 2 rings (SSSR count). The molecule has 2 aromatic carbocycles. The highest BCUT2D eigenvalue weighted by Crippen LogP contribution is 2.22. The number of para-hydroxylation sites is 2. The van der Waals surface area contributed by atoms with Gasteiger partial charge >= 0.3 is 0 Å². The lowest BCUT2D eigenvalue weighted by Crippen LogP contribution is -2.02. The van der Waals surface area contributed by atoms with Crippen molar-refractivity contribution in [3.8, 4) is 23.3 Å². The zero-order valence-electron chi connectivity index (χ0n) is 13.7. The summed E-state index contributed by atoms with van der Waals surface area (Å²) in [6.07, 6.45) is 1.52. The van der Waals surface area contributed by atoms with Crippen LogP contribution in [0.15, 0.2) is 36.4 Å². The third kappa shape index (κ3) is 4.23. The Kier molecular flexibility index (Phi) is 6.16. The minimum absolute atomic E-state index is 0.156. The van der Waals surface area contributed by atoms with Crippen molar-refractivity contribution in [3.05, 3.63) is 58.7 Å². The van der Waals surface area contributed by atoms with Gasteiger partial charge in [0, 0.05) is 0 Å². The van der Waals surface area contributed by atoms with E-state index in [4.69, 9.17) is 9.47 Å². The van der Waals surface area contributed by atoms with Gasteiger partial charge in [-0.05, 0) is 37.1 Å². The number of aryl methyl sites for hydroxylation is 2. The van der Waals surface area contributed by atoms with Crippen LogP contribution in [0.5, 0.6) is 11.5 Å². The van der Waals surface area contributed by atoms with Crippen molar-refractivity contribution in [3.63, 3.8) is 0 Å². The molecule has 0 heterocycles. The molecule has 2 aromatic rings. The molecule has 0 bridgehead atoms. The van der Waals surface area contributed by atoms with Gasteiger partial charge in [-0.15, -0.1) is 0 Å². The van der Waals surface area contributed by atoms with Crippen LogP contribution in [0.25, 0.3) is 0 Å². The highest BCUT2D eigenvalue weighted by Gasteiger charge is 2.06. The van der Waals surface area contributed by atoms with Crippen molar-refractivity contribution < 1.29 is 19.1 Å². The van der Waals surface area contributed by atoms with Gasteiger partial charge in [-0.1, -0.05) is 36.1 Å². The van der Waals surface area contributed by atoms with Crippen molar-refractivity contribution in [2.45, 2.75) is 13.8 Å². The molecule has 0 atom stereocenters. The van der Waals surface area contributed by atoms with Crippen molar-refractivity contribution in [2.24, 2.45) is 0 Å². The van der Waals surface area contributed by atoms with Crippen LogP contribution in [0.2, 0.25) is 0 Å². The number of ether oxygens (including phenoxy) is 2. The first-order valence-electron chi connectivity index (χ1n) is 7.48. The first kappa shape index (κ1) is 17.3. The number of carbonyl (C=O) groups excluding carboxylic acids is 2. The minimum atomic E-state index is 0.156. The molecule has 0 amide bonds. The predicted molar refractivity (Wildman–Crippen MR) is 91.9 cm³/mol. The lowest BCUT2D eigenvalue weighted by atomic mass is 10.1. The van der Waals surface area contributed by atoms with Crippen LogP contribution in [0, 0.1) is 25.7 Å². The molecular formula is C20H18O4. The molecule has 4 nitrogen and oxygen atoms in total. The first-order chi connectivity index (χ1) is 11.7. The molecule has 24 heavy (non-hydrogen) atoms. The number of hydrogen-bond donors (Lipinski definition) is 0. The van der Waals surface area contributed by atoms with Crippen LogP contribution in [0.3, 0.4) is 0 Å². The molecule has 0 aliphatic carbocycles. The van der Waals surface area contributed by atoms with Crippen LogP contribution in [0.1, 0.15) is 31.8 Å². The Labute approximate surface area is 141 Å². The molecule has 4 heteroatoms. The van der Waals surface area contributed by atoms with Gasteiger partial charge in [0.25, 0.3) is 0 Å². The summed E-state index contributed by atoms with van der Waals surface area (Å²) in [6, 6.07) is 10.8. The number of carbonyl (C=O) groups is 2. The lowest BCUT2D eigenvalue weighted by molar-refractivity contribution is 0.111. The molecule has 0 saturated heterocycles. The normalized spacial score (nSPS) is 9.58. The summed E-state index contributed by atoms with van der Waals surface area (Å²) in [5.74, 6) is 6.77. The standard InChI is InChI=1S/C20H18O4/c1-15-7-5-9-17(13-21)19(15)23-11-3-4-12-24-20-16(2)8-6-10-18(20)14-22/h5-10,13-14H,11-12H2,1-2H3. The summed E-state index contributed by atoms with van der Waals surface area (Å²) in [5.41, 5.74) is 2.77. The van der Waals surface area contributed by atoms with E-state index in [-0.39, 0.29) is 13.2 Å². The van der Waals surface area contributed by atoms with E-state index < -0.39 is 0 Å². The topological polar surface area (TPSA) is 52.6 Å². The minimum Gasteiger partial charge on any atom is -0.480 e. The molecule has 0 spiro atoms. The van der Waals surface area contributed by atoms with Crippen molar-refractivity contribution in [2.75, 3.05) is 13.2 Å². The largest absolute Gasteiger partial charge is 0.480 e. The molecule has 0 aliphatic heterocycles. The zero-order valence-corrected chi connectivity index (χ0v) is 13.7. The molecule has 122 valence electrons. The highest BCUT2D eigenvalue weighted by molar-refractivity contribution is 5.80. The number of hydrogen-bond acceptors (Lipinski definition) is 4. The van der Waals surface area contributed by atoms with E-state index in [0.717, 1.165) is 23.7 Å². The predicted octanol–water partition coefficient (Wildman–Crippen LogP) is 3.39. The van der Waals surface area contributed by atoms with Crippen LogP contribution in [0.4, 0.5) is 0 Å². The Balaban J connectivity index is 1.92. The zero-order chi connectivity index (χ0) is 17.4. The summed E-state index contributed by atoms with van der Waals surface area (Å²) < 4.78 is 11.1. The van der Waals surface area contributed by atoms with E-state index in [1.165, 1.54) is 0 Å². The van der Waals surface area contributed by atoms with Crippen LogP contribution < -0.4 is 9.47 Å². The second-order valence-corrected chi connectivity index (χ2v) is 5.15.